The van der Waals surface area contributed by atoms with Crippen LogP contribution in [0.2, 0.25) is 0 Å². The Labute approximate surface area is 67.7 Å². The summed E-state index contributed by atoms with van der Waals surface area (Å²) in [6.07, 6.45) is 0. The lowest BCUT2D eigenvalue weighted by Crippen LogP contribution is -2.15. The molecule has 0 aliphatic rings. The third-order valence-electron chi connectivity index (χ3n) is 1.49. The molecule has 0 saturated heterocycles. The predicted octanol–water partition coefficient (Wildman–Crippen LogP) is 0.875. The third kappa shape index (κ3) is 6.01. The minimum Gasteiger partial charge on any atom is -0.382 e. The van der Waals surface area contributed by atoms with Crippen LogP contribution in [0.5, 0.6) is 0 Å². The molecular weight excluding hydrogens is 144 g/mol. The summed E-state index contributed by atoms with van der Waals surface area (Å²) in [7, 11) is 1.62. The van der Waals surface area contributed by atoms with Crippen molar-refractivity contribution in [2.24, 2.45) is 5.92 Å². The highest BCUT2D eigenvalue weighted by atomic mass is 16.5. The normalized spacial score (nSPS) is 13.0. The first-order valence-electron chi connectivity index (χ1n) is 3.75. The molecule has 0 bridgehead atoms. The Balaban J connectivity index is 3.17. The van der Waals surface area contributed by atoms with Crippen LogP contribution in [0.1, 0.15) is 13.8 Å². The molecular formula is C8H16O3. The Kier molecular flexibility index (Phi) is 6.07. The van der Waals surface area contributed by atoms with Gasteiger partial charge in [-0.1, -0.05) is 6.92 Å². The van der Waals surface area contributed by atoms with Crippen LogP contribution >= 0.6 is 0 Å². The van der Waals surface area contributed by atoms with Crippen LogP contribution in [0.15, 0.2) is 0 Å². The molecule has 11 heavy (non-hydrogen) atoms. The zero-order valence-corrected chi connectivity index (χ0v) is 7.42. The van der Waals surface area contributed by atoms with Gasteiger partial charge >= 0.3 is 0 Å². The van der Waals surface area contributed by atoms with Gasteiger partial charge in [0.15, 0.2) is 0 Å². The zero-order valence-electron chi connectivity index (χ0n) is 7.42. The van der Waals surface area contributed by atoms with Crippen LogP contribution in [-0.4, -0.2) is 32.7 Å². The summed E-state index contributed by atoms with van der Waals surface area (Å²) in [4.78, 5) is 10.7. The maximum atomic E-state index is 10.7. The molecule has 0 aliphatic heterocycles. The molecule has 0 aromatic rings. The van der Waals surface area contributed by atoms with E-state index in [1.54, 1.807) is 14.0 Å². The van der Waals surface area contributed by atoms with E-state index in [1.165, 1.54) is 0 Å². The summed E-state index contributed by atoms with van der Waals surface area (Å²) in [5.74, 6) is 0.175. The molecule has 0 spiro atoms. The average molecular weight is 160 g/mol. The van der Waals surface area contributed by atoms with E-state index < -0.39 is 0 Å². The van der Waals surface area contributed by atoms with Gasteiger partial charge in [-0.15, -0.1) is 0 Å². The Morgan fingerprint density at radius 2 is 2.09 bits per heavy atom. The zero-order chi connectivity index (χ0) is 8.69. The van der Waals surface area contributed by atoms with Gasteiger partial charge in [-0.2, -0.15) is 0 Å². The first-order chi connectivity index (χ1) is 5.18. The van der Waals surface area contributed by atoms with Crippen LogP contribution in [0.3, 0.4) is 0 Å². The highest BCUT2D eigenvalue weighted by Gasteiger charge is 2.06. The smallest absolute Gasteiger partial charge is 0.134 e. The minimum absolute atomic E-state index is 0.00635. The standard InChI is InChI=1S/C8H16O3/c1-7(8(2)9)6-11-5-4-10-3/h7H,4-6H2,1-3H3. The van der Waals surface area contributed by atoms with Gasteiger partial charge in [0, 0.05) is 13.0 Å². The number of hydrogen-bond donors (Lipinski definition) is 0. The van der Waals surface area contributed by atoms with E-state index in [2.05, 4.69) is 0 Å². The minimum atomic E-state index is 0.00635. The Morgan fingerprint density at radius 1 is 1.45 bits per heavy atom. The van der Waals surface area contributed by atoms with Gasteiger partial charge in [-0.25, -0.2) is 0 Å². The van der Waals surface area contributed by atoms with Gasteiger partial charge in [0.1, 0.15) is 5.78 Å². The number of ketones is 1. The Hall–Kier alpha value is -0.410. The largest absolute Gasteiger partial charge is 0.382 e. The molecule has 0 aromatic heterocycles. The van der Waals surface area contributed by atoms with Gasteiger partial charge in [-0.3, -0.25) is 4.79 Å². The van der Waals surface area contributed by atoms with E-state index in [0.717, 1.165) is 0 Å². The van der Waals surface area contributed by atoms with Crippen LogP contribution < -0.4 is 0 Å². The molecule has 0 N–H and O–H groups in total. The van der Waals surface area contributed by atoms with Gasteiger partial charge in [0.25, 0.3) is 0 Å². The molecule has 0 saturated carbocycles. The second-order valence-electron chi connectivity index (χ2n) is 2.58. The van der Waals surface area contributed by atoms with Crippen molar-refractivity contribution >= 4 is 5.78 Å². The second kappa shape index (κ2) is 6.31. The second-order valence-corrected chi connectivity index (χ2v) is 2.58. The molecule has 0 heterocycles. The van der Waals surface area contributed by atoms with Crippen LogP contribution in [-0.2, 0) is 14.3 Å². The molecule has 0 aromatic carbocycles. The van der Waals surface area contributed by atoms with E-state index in [-0.39, 0.29) is 11.7 Å². The number of hydrogen-bond acceptors (Lipinski definition) is 3. The van der Waals surface area contributed by atoms with Crippen molar-refractivity contribution in [1.29, 1.82) is 0 Å². The van der Waals surface area contributed by atoms with Crippen molar-refractivity contribution in [2.75, 3.05) is 26.9 Å². The summed E-state index contributed by atoms with van der Waals surface area (Å²) in [5, 5.41) is 0. The molecule has 0 fully saturated rings. The molecule has 0 aliphatic carbocycles. The molecule has 1 atom stereocenters. The van der Waals surface area contributed by atoms with E-state index in [1.807, 2.05) is 6.92 Å². The maximum Gasteiger partial charge on any atom is 0.134 e. The fraction of sp³-hybridized carbons (Fsp3) is 0.875. The lowest BCUT2D eigenvalue weighted by Gasteiger charge is -2.07. The fourth-order valence-corrected chi connectivity index (χ4v) is 0.520. The van der Waals surface area contributed by atoms with Crippen molar-refractivity contribution in [2.45, 2.75) is 13.8 Å². The summed E-state index contributed by atoms with van der Waals surface area (Å²) in [5.41, 5.74) is 0. The molecule has 1 unspecified atom stereocenters. The number of carbonyl (C=O) groups excluding carboxylic acids is 1. The number of methoxy groups -OCH3 is 1. The SMILES string of the molecule is COCCOCC(C)C(C)=O. The van der Waals surface area contributed by atoms with Gasteiger partial charge in [0.2, 0.25) is 0 Å². The molecule has 0 radical (unpaired) electrons. The lowest BCUT2D eigenvalue weighted by molar-refractivity contribution is -0.122. The van der Waals surface area contributed by atoms with Crippen LogP contribution in [0.25, 0.3) is 0 Å². The number of ether oxygens (including phenoxy) is 2. The predicted molar refractivity (Wildman–Crippen MR) is 42.5 cm³/mol. The summed E-state index contributed by atoms with van der Waals surface area (Å²) in [6.45, 7) is 5.08. The van der Waals surface area contributed by atoms with Crippen molar-refractivity contribution < 1.29 is 14.3 Å². The van der Waals surface area contributed by atoms with Crippen molar-refractivity contribution in [3.63, 3.8) is 0 Å². The van der Waals surface area contributed by atoms with E-state index >= 15 is 0 Å². The van der Waals surface area contributed by atoms with Crippen LogP contribution in [0, 0.1) is 5.92 Å². The maximum absolute atomic E-state index is 10.7. The van der Waals surface area contributed by atoms with E-state index in [0.29, 0.717) is 19.8 Å². The molecule has 0 rings (SSSR count). The topological polar surface area (TPSA) is 35.5 Å². The summed E-state index contributed by atoms with van der Waals surface area (Å²) in [6, 6.07) is 0. The highest BCUT2D eigenvalue weighted by Crippen LogP contribution is 1.96. The van der Waals surface area contributed by atoms with Crippen LogP contribution in [0.4, 0.5) is 0 Å². The Morgan fingerprint density at radius 3 is 2.55 bits per heavy atom. The fourth-order valence-electron chi connectivity index (χ4n) is 0.520. The molecule has 66 valence electrons. The molecule has 3 heteroatoms. The third-order valence-corrected chi connectivity index (χ3v) is 1.49. The first kappa shape index (κ1) is 10.6. The monoisotopic (exact) mass is 160 g/mol. The number of carbonyl (C=O) groups is 1. The van der Waals surface area contributed by atoms with Crippen molar-refractivity contribution in [1.82, 2.24) is 0 Å². The lowest BCUT2D eigenvalue weighted by atomic mass is 10.1. The average Bonchev–Trinajstić information content (AvgIpc) is 1.97. The number of Topliss-reactive ketones (excluding diaryl/α,β-unsaturated/α-hetero) is 1. The van der Waals surface area contributed by atoms with Gasteiger partial charge in [-0.05, 0) is 6.92 Å². The first-order valence-corrected chi connectivity index (χ1v) is 3.75. The van der Waals surface area contributed by atoms with Crippen molar-refractivity contribution in [3.05, 3.63) is 0 Å². The number of rotatable bonds is 6. The molecule has 0 amide bonds. The quantitative estimate of drug-likeness (QED) is 0.541. The van der Waals surface area contributed by atoms with E-state index in [4.69, 9.17) is 9.47 Å². The Bertz CT molecular complexity index is 112. The molecule has 3 nitrogen and oxygen atoms in total. The van der Waals surface area contributed by atoms with Crippen molar-refractivity contribution in [3.8, 4) is 0 Å². The van der Waals surface area contributed by atoms with Gasteiger partial charge in [0.05, 0.1) is 19.8 Å². The van der Waals surface area contributed by atoms with Gasteiger partial charge < -0.3 is 9.47 Å². The van der Waals surface area contributed by atoms with E-state index in [9.17, 15) is 4.79 Å². The summed E-state index contributed by atoms with van der Waals surface area (Å²) >= 11 is 0. The summed E-state index contributed by atoms with van der Waals surface area (Å²) < 4.78 is 9.93. The highest BCUT2D eigenvalue weighted by molar-refractivity contribution is 5.77.